The first kappa shape index (κ1) is 16.6. The molecule has 0 saturated carbocycles. The third kappa shape index (κ3) is 2.63. The van der Waals surface area contributed by atoms with Crippen LogP contribution >= 0.6 is 0 Å². The summed E-state index contributed by atoms with van der Waals surface area (Å²) in [5.41, 5.74) is 4.05. The summed E-state index contributed by atoms with van der Waals surface area (Å²) in [6.07, 6.45) is 4.09. The van der Waals surface area contributed by atoms with Crippen molar-refractivity contribution in [2.45, 2.75) is 25.4 Å². The van der Waals surface area contributed by atoms with Gasteiger partial charge in [0.25, 0.3) is 5.91 Å². The molecule has 2 aromatic heterocycles. The van der Waals surface area contributed by atoms with Crippen molar-refractivity contribution >= 4 is 28.8 Å². The Hall–Kier alpha value is -3.61. The van der Waals surface area contributed by atoms with E-state index in [2.05, 4.69) is 15.3 Å². The number of carbonyl (C=O) groups excluding carboxylic acids is 3. The fourth-order valence-corrected chi connectivity index (χ4v) is 3.88. The molecule has 1 saturated heterocycles. The highest BCUT2D eigenvalue weighted by molar-refractivity contribution is 6.05. The van der Waals surface area contributed by atoms with E-state index < -0.39 is 11.9 Å². The predicted octanol–water partition coefficient (Wildman–Crippen LogP) is 2.06. The number of amides is 3. The van der Waals surface area contributed by atoms with Crippen LogP contribution in [0.1, 0.15) is 28.8 Å². The molecule has 138 valence electrons. The number of fused-ring (bicyclic) bond motifs is 2. The van der Waals surface area contributed by atoms with Crippen LogP contribution in [0.5, 0.6) is 0 Å². The SMILES string of the molecule is O=C1CCC(N2Cc3cc(-c4cnc5ncccc5c4)ccc3C2=O)C(=O)N1. The lowest BCUT2D eigenvalue weighted by atomic mass is 10.0. The molecule has 3 aromatic rings. The number of hydrogen-bond donors (Lipinski definition) is 1. The lowest BCUT2D eigenvalue weighted by molar-refractivity contribution is -0.136. The number of aromatic nitrogens is 2. The molecule has 1 N–H and O–H groups in total. The minimum atomic E-state index is -0.602. The van der Waals surface area contributed by atoms with E-state index in [1.807, 2.05) is 30.3 Å². The smallest absolute Gasteiger partial charge is 0.255 e. The lowest BCUT2D eigenvalue weighted by Gasteiger charge is -2.29. The molecule has 0 radical (unpaired) electrons. The number of carbonyl (C=O) groups is 3. The van der Waals surface area contributed by atoms with Gasteiger partial charge in [0.05, 0.1) is 0 Å². The van der Waals surface area contributed by atoms with Gasteiger partial charge < -0.3 is 4.90 Å². The summed E-state index contributed by atoms with van der Waals surface area (Å²) >= 11 is 0. The summed E-state index contributed by atoms with van der Waals surface area (Å²) in [6.45, 7) is 0.358. The maximum absolute atomic E-state index is 12.8. The quantitative estimate of drug-likeness (QED) is 0.695. The summed E-state index contributed by atoms with van der Waals surface area (Å²) in [6, 6.07) is 10.9. The zero-order chi connectivity index (χ0) is 19.3. The van der Waals surface area contributed by atoms with Gasteiger partial charge in [0, 0.05) is 41.9 Å². The second kappa shape index (κ2) is 6.23. The standard InChI is InChI=1S/C21H16N4O3/c26-18-6-5-17(20(27)24-18)25-11-15-8-12(3-4-16(15)21(25)28)14-9-13-2-1-7-22-19(13)23-10-14/h1-4,7-10,17H,5-6,11H2,(H,24,26,27). The predicted molar refractivity (Wildman–Crippen MR) is 101 cm³/mol. The van der Waals surface area contributed by atoms with Crippen molar-refractivity contribution in [3.63, 3.8) is 0 Å². The normalized spacial score (nSPS) is 19.1. The van der Waals surface area contributed by atoms with Crippen LogP contribution in [0, 0.1) is 0 Å². The number of rotatable bonds is 2. The van der Waals surface area contributed by atoms with Gasteiger partial charge in [-0.15, -0.1) is 0 Å². The fourth-order valence-electron chi connectivity index (χ4n) is 3.88. The zero-order valence-corrected chi connectivity index (χ0v) is 14.9. The van der Waals surface area contributed by atoms with Crippen molar-refractivity contribution in [2.24, 2.45) is 0 Å². The number of pyridine rings is 2. The van der Waals surface area contributed by atoms with E-state index in [1.165, 1.54) is 0 Å². The van der Waals surface area contributed by atoms with E-state index in [0.29, 0.717) is 24.2 Å². The Bertz CT molecular complexity index is 1160. The van der Waals surface area contributed by atoms with Gasteiger partial charge in [0.2, 0.25) is 11.8 Å². The number of nitrogens with zero attached hydrogens (tertiary/aromatic N) is 3. The molecule has 2 aliphatic rings. The van der Waals surface area contributed by atoms with Gasteiger partial charge in [-0.3, -0.25) is 19.7 Å². The number of nitrogens with one attached hydrogen (secondary N) is 1. The van der Waals surface area contributed by atoms with Crippen LogP contribution < -0.4 is 5.32 Å². The van der Waals surface area contributed by atoms with Gasteiger partial charge in [-0.25, -0.2) is 9.97 Å². The van der Waals surface area contributed by atoms with Crippen molar-refractivity contribution in [3.05, 3.63) is 59.9 Å². The number of hydrogen-bond acceptors (Lipinski definition) is 5. The molecular weight excluding hydrogens is 356 g/mol. The molecule has 1 atom stereocenters. The number of piperidine rings is 1. The highest BCUT2D eigenvalue weighted by atomic mass is 16.2. The molecule has 7 heteroatoms. The van der Waals surface area contributed by atoms with Gasteiger partial charge in [-0.05, 0) is 47.9 Å². The highest BCUT2D eigenvalue weighted by Gasteiger charge is 2.39. The molecule has 1 aromatic carbocycles. The first-order valence-corrected chi connectivity index (χ1v) is 9.09. The Balaban J connectivity index is 1.47. The van der Waals surface area contributed by atoms with E-state index in [1.54, 1.807) is 23.4 Å². The summed E-state index contributed by atoms with van der Waals surface area (Å²) in [5, 5.41) is 3.27. The maximum atomic E-state index is 12.8. The molecule has 5 rings (SSSR count). The Morgan fingerprint density at radius 3 is 2.79 bits per heavy atom. The highest BCUT2D eigenvalue weighted by Crippen LogP contribution is 2.31. The molecule has 1 unspecified atom stereocenters. The van der Waals surface area contributed by atoms with Gasteiger partial charge in [-0.1, -0.05) is 6.07 Å². The Labute approximate surface area is 160 Å². The summed E-state index contributed by atoms with van der Waals surface area (Å²) in [4.78, 5) is 46.5. The van der Waals surface area contributed by atoms with Crippen LogP contribution in [0.3, 0.4) is 0 Å². The topological polar surface area (TPSA) is 92.3 Å². The van der Waals surface area contributed by atoms with Crippen LogP contribution in [0.15, 0.2) is 48.8 Å². The average molecular weight is 372 g/mol. The second-order valence-electron chi connectivity index (χ2n) is 7.05. The molecule has 3 amide bonds. The average Bonchev–Trinajstić information content (AvgIpc) is 3.03. The summed E-state index contributed by atoms with van der Waals surface area (Å²) in [5.74, 6) is -0.855. The molecular formula is C21H16N4O3. The van der Waals surface area contributed by atoms with Gasteiger partial charge in [0.1, 0.15) is 6.04 Å². The molecule has 0 bridgehead atoms. The summed E-state index contributed by atoms with van der Waals surface area (Å²) in [7, 11) is 0. The van der Waals surface area contributed by atoms with Crippen LogP contribution in [0.25, 0.3) is 22.2 Å². The van der Waals surface area contributed by atoms with E-state index in [0.717, 1.165) is 22.1 Å². The largest absolute Gasteiger partial charge is 0.322 e. The van der Waals surface area contributed by atoms with E-state index in [-0.39, 0.29) is 18.2 Å². The molecule has 1 fully saturated rings. The maximum Gasteiger partial charge on any atom is 0.255 e. The third-order valence-electron chi connectivity index (χ3n) is 5.31. The van der Waals surface area contributed by atoms with Crippen LogP contribution in [0.4, 0.5) is 0 Å². The number of benzene rings is 1. The van der Waals surface area contributed by atoms with E-state index >= 15 is 0 Å². The van der Waals surface area contributed by atoms with Crippen molar-refractivity contribution in [2.75, 3.05) is 0 Å². The second-order valence-corrected chi connectivity index (χ2v) is 7.05. The number of imide groups is 1. The van der Waals surface area contributed by atoms with Crippen molar-refractivity contribution < 1.29 is 14.4 Å². The third-order valence-corrected chi connectivity index (χ3v) is 5.31. The molecule has 4 heterocycles. The van der Waals surface area contributed by atoms with Crippen molar-refractivity contribution in [3.8, 4) is 11.1 Å². The fraction of sp³-hybridized carbons (Fsp3) is 0.190. The minimum Gasteiger partial charge on any atom is -0.322 e. The van der Waals surface area contributed by atoms with Gasteiger partial charge >= 0.3 is 0 Å². The molecule has 7 nitrogen and oxygen atoms in total. The molecule has 28 heavy (non-hydrogen) atoms. The van der Waals surface area contributed by atoms with Crippen LogP contribution in [-0.4, -0.2) is 38.6 Å². The molecule has 2 aliphatic heterocycles. The molecule has 0 spiro atoms. The Morgan fingerprint density at radius 1 is 1.04 bits per heavy atom. The van der Waals surface area contributed by atoms with Crippen LogP contribution in [-0.2, 0) is 16.1 Å². The molecule has 0 aliphatic carbocycles. The zero-order valence-electron chi connectivity index (χ0n) is 14.9. The minimum absolute atomic E-state index is 0.170. The van der Waals surface area contributed by atoms with Crippen molar-refractivity contribution in [1.29, 1.82) is 0 Å². The first-order valence-electron chi connectivity index (χ1n) is 9.09. The van der Waals surface area contributed by atoms with Gasteiger partial charge in [-0.2, -0.15) is 0 Å². The monoisotopic (exact) mass is 372 g/mol. The first-order chi connectivity index (χ1) is 13.6. The Kier molecular flexibility index (Phi) is 3.68. The lowest BCUT2D eigenvalue weighted by Crippen LogP contribution is -2.52. The van der Waals surface area contributed by atoms with E-state index in [9.17, 15) is 14.4 Å². The van der Waals surface area contributed by atoms with Crippen molar-refractivity contribution in [1.82, 2.24) is 20.2 Å². The van der Waals surface area contributed by atoms with Crippen LogP contribution in [0.2, 0.25) is 0 Å². The van der Waals surface area contributed by atoms with E-state index in [4.69, 9.17) is 0 Å². The Morgan fingerprint density at radius 2 is 1.93 bits per heavy atom. The summed E-state index contributed by atoms with van der Waals surface area (Å²) < 4.78 is 0. The van der Waals surface area contributed by atoms with Gasteiger partial charge in [0.15, 0.2) is 5.65 Å².